The maximum Gasteiger partial charge on any atom is 0.243 e. The first-order valence-electron chi connectivity index (χ1n) is 6.97. The highest BCUT2D eigenvalue weighted by Gasteiger charge is 2.24. The van der Waals surface area contributed by atoms with Crippen molar-refractivity contribution in [1.82, 2.24) is 19.9 Å². The van der Waals surface area contributed by atoms with E-state index in [1.807, 2.05) is 6.92 Å². The smallest absolute Gasteiger partial charge is 0.243 e. The van der Waals surface area contributed by atoms with Gasteiger partial charge in [0.25, 0.3) is 0 Å². The van der Waals surface area contributed by atoms with E-state index in [9.17, 15) is 0 Å². The second kappa shape index (κ2) is 6.29. The van der Waals surface area contributed by atoms with Gasteiger partial charge in [-0.3, -0.25) is 4.90 Å². The van der Waals surface area contributed by atoms with Gasteiger partial charge in [0.2, 0.25) is 5.89 Å². The highest BCUT2D eigenvalue weighted by atomic mass is 16.5. The molecule has 1 fully saturated rings. The summed E-state index contributed by atoms with van der Waals surface area (Å²) in [7, 11) is 0. The molecule has 2 heterocycles. The summed E-state index contributed by atoms with van der Waals surface area (Å²) in [4.78, 5) is 9.29. The molecule has 0 amide bonds. The Labute approximate surface area is 109 Å². The van der Waals surface area contributed by atoms with Crippen LogP contribution in [0.4, 0.5) is 0 Å². The van der Waals surface area contributed by atoms with E-state index < -0.39 is 0 Å². The third kappa shape index (κ3) is 3.29. The Bertz CT molecular complexity index is 358. The number of piperazine rings is 1. The summed E-state index contributed by atoms with van der Waals surface area (Å²) in [5, 5.41) is 3.86. The molecule has 1 atom stereocenters. The molecule has 0 unspecified atom stereocenters. The first kappa shape index (κ1) is 13.5. The Morgan fingerprint density at radius 1 is 1.28 bits per heavy atom. The summed E-state index contributed by atoms with van der Waals surface area (Å²) in [5.74, 6) is 1.47. The summed E-state index contributed by atoms with van der Waals surface area (Å²) in [6.45, 7) is 12.0. The van der Waals surface area contributed by atoms with E-state index in [0.717, 1.165) is 37.9 Å². The number of rotatable bonds is 5. The van der Waals surface area contributed by atoms with E-state index in [4.69, 9.17) is 4.52 Å². The predicted octanol–water partition coefficient (Wildman–Crippen LogP) is 1.86. The van der Waals surface area contributed by atoms with Crippen molar-refractivity contribution in [2.45, 2.75) is 39.7 Å². The van der Waals surface area contributed by atoms with Gasteiger partial charge in [0, 0.05) is 26.2 Å². The van der Waals surface area contributed by atoms with Gasteiger partial charge in [-0.1, -0.05) is 18.5 Å². The van der Waals surface area contributed by atoms with Crippen molar-refractivity contribution in [3.05, 3.63) is 11.7 Å². The Morgan fingerprint density at radius 3 is 2.56 bits per heavy atom. The Balaban J connectivity index is 1.82. The molecule has 2 rings (SSSR count). The molecule has 5 heteroatoms. The molecule has 0 saturated carbocycles. The van der Waals surface area contributed by atoms with E-state index in [1.165, 1.54) is 19.4 Å². The molecule has 1 aromatic rings. The molecule has 102 valence electrons. The lowest BCUT2D eigenvalue weighted by Crippen LogP contribution is -2.47. The van der Waals surface area contributed by atoms with Crippen molar-refractivity contribution in [3.8, 4) is 0 Å². The minimum absolute atomic E-state index is 0.236. The normalized spacial score (nSPS) is 20.2. The van der Waals surface area contributed by atoms with Crippen molar-refractivity contribution >= 4 is 0 Å². The SMILES string of the molecule is CCCCN1CCN([C@@H](C)c2nc(C)no2)CC1. The second-order valence-electron chi connectivity index (χ2n) is 5.09. The van der Waals surface area contributed by atoms with Gasteiger partial charge in [-0.25, -0.2) is 0 Å². The van der Waals surface area contributed by atoms with E-state index in [-0.39, 0.29) is 6.04 Å². The van der Waals surface area contributed by atoms with Gasteiger partial charge >= 0.3 is 0 Å². The molecule has 1 saturated heterocycles. The summed E-state index contributed by atoms with van der Waals surface area (Å²) < 4.78 is 5.25. The van der Waals surface area contributed by atoms with Crippen LogP contribution in [0.3, 0.4) is 0 Å². The van der Waals surface area contributed by atoms with Crippen molar-refractivity contribution < 1.29 is 4.52 Å². The molecule has 0 bridgehead atoms. The average molecular weight is 252 g/mol. The van der Waals surface area contributed by atoms with Gasteiger partial charge in [-0.15, -0.1) is 0 Å². The van der Waals surface area contributed by atoms with Gasteiger partial charge in [-0.05, 0) is 26.8 Å². The van der Waals surface area contributed by atoms with E-state index in [0.29, 0.717) is 0 Å². The molecule has 18 heavy (non-hydrogen) atoms. The van der Waals surface area contributed by atoms with E-state index >= 15 is 0 Å². The van der Waals surface area contributed by atoms with Crippen LogP contribution < -0.4 is 0 Å². The Kier molecular flexibility index (Phi) is 4.72. The number of aryl methyl sites for hydroxylation is 1. The Morgan fingerprint density at radius 2 is 2.00 bits per heavy atom. The van der Waals surface area contributed by atoms with Crippen LogP contribution in [0.1, 0.15) is 44.4 Å². The number of unbranched alkanes of at least 4 members (excludes halogenated alkanes) is 1. The third-order valence-electron chi connectivity index (χ3n) is 3.68. The van der Waals surface area contributed by atoms with Gasteiger partial charge in [0.15, 0.2) is 5.82 Å². The van der Waals surface area contributed by atoms with Gasteiger partial charge < -0.3 is 9.42 Å². The maximum absolute atomic E-state index is 5.25. The molecule has 1 aliphatic heterocycles. The summed E-state index contributed by atoms with van der Waals surface area (Å²) in [6.07, 6.45) is 2.58. The topological polar surface area (TPSA) is 45.4 Å². The van der Waals surface area contributed by atoms with Gasteiger partial charge in [0.1, 0.15) is 0 Å². The van der Waals surface area contributed by atoms with E-state index in [2.05, 4.69) is 33.8 Å². The van der Waals surface area contributed by atoms with Crippen LogP contribution in [0, 0.1) is 6.92 Å². The standard InChI is InChI=1S/C13H24N4O/c1-4-5-6-16-7-9-17(10-8-16)11(2)13-14-12(3)15-18-13/h11H,4-10H2,1-3H3/t11-/m0/s1. The van der Waals surface area contributed by atoms with Crippen molar-refractivity contribution in [1.29, 1.82) is 0 Å². The minimum Gasteiger partial charge on any atom is -0.338 e. The van der Waals surface area contributed by atoms with Crippen molar-refractivity contribution in [2.75, 3.05) is 32.7 Å². The maximum atomic E-state index is 5.25. The van der Waals surface area contributed by atoms with E-state index in [1.54, 1.807) is 0 Å². The minimum atomic E-state index is 0.236. The van der Waals surface area contributed by atoms with Gasteiger partial charge in [-0.2, -0.15) is 4.98 Å². The fraction of sp³-hybridized carbons (Fsp3) is 0.846. The largest absolute Gasteiger partial charge is 0.338 e. The van der Waals surface area contributed by atoms with Crippen molar-refractivity contribution in [2.24, 2.45) is 0 Å². The highest BCUT2D eigenvalue weighted by Crippen LogP contribution is 2.19. The number of nitrogens with zero attached hydrogens (tertiary/aromatic N) is 4. The lowest BCUT2D eigenvalue weighted by atomic mass is 10.2. The van der Waals surface area contributed by atoms with Crippen LogP contribution in [0.2, 0.25) is 0 Å². The fourth-order valence-electron chi connectivity index (χ4n) is 2.39. The molecule has 0 N–H and O–H groups in total. The quantitative estimate of drug-likeness (QED) is 0.800. The van der Waals surface area contributed by atoms with Crippen LogP contribution in [0.5, 0.6) is 0 Å². The van der Waals surface area contributed by atoms with Crippen molar-refractivity contribution in [3.63, 3.8) is 0 Å². The molecular weight excluding hydrogens is 228 g/mol. The molecule has 0 spiro atoms. The molecule has 0 aromatic carbocycles. The number of hydrogen-bond donors (Lipinski definition) is 0. The average Bonchev–Trinajstić information content (AvgIpc) is 2.83. The third-order valence-corrected chi connectivity index (χ3v) is 3.68. The first-order chi connectivity index (χ1) is 8.70. The zero-order valence-corrected chi connectivity index (χ0v) is 11.7. The lowest BCUT2D eigenvalue weighted by Gasteiger charge is -2.36. The summed E-state index contributed by atoms with van der Waals surface area (Å²) in [6, 6.07) is 0.236. The predicted molar refractivity (Wildman–Crippen MR) is 70.4 cm³/mol. The summed E-state index contributed by atoms with van der Waals surface area (Å²) >= 11 is 0. The first-order valence-corrected chi connectivity index (χ1v) is 6.97. The molecule has 1 aromatic heterocycles. The Hall–Kier alpha value is -0.940. The monoisotopic (exact) mass is 252 g/mol. The lowest BCUT2D eigenvalue weighted by molar-refractivity contribution is 0.0876. The zero-order valence-electron chi connectivity index (χ0n) is 11.7. The van der Waals surface area contributed by atoms with Crippen LogP contribution in [0.15, 0.2) is 4.52 Å². The van der Waals surface area contributed by atoms with Crippen LogP contribution in [-0.4, -0.2) is 52.7 Å². The molecule has 1 aliphatic rings. The second-order valence-corrected chi connectivity index (χ2v) is 5.09. The van der Waals surface area contributed by atoms with Gasteiger partial charge in [0.05, 0.1) is 6.04 Å². The summed E-state index contributed by atoms with van der Waals surface area (Å²) in [5.41, 5.74) is 0. The highest BCUT2D eigenvalue weighted by molar-refractivity contribution is 4.91. The molecule has 0 radical (unpaired) electrons. The van der Waals surface area contributed by atoms with Crippen LogP contribution in [-0.2, 0) is 0 Å². The number of hydrogen-bond acceptors (Lipinski definition) is 5. The molecule has 5 nitrogen and oxygen atoms in total. The van der Waals surface area contributed by atoms with Crippen LogP contribution >= 0.6 is 0 Å². The molecular formula is C13H24N4O. The zero-order chi connectivity index (χ0) is 13.0. The number of aromatic nitrogens is 2. The fourth-order valence-corrected chi connectivity index (χ4v) is 2.39. The van der Waals surface area contributed by atoms with Crippen LogP contribution in [0.25, 0.3) is 0 Å². The molecule has 0 aliphatic carbocycles.